The molecule has 70 valence electrons. The quantitative estimate of drug-likeness (QED) is 0.478. The highest BCUT2D eigenvalue weighted by Crippen LogP contribution is 2.26. The number of ether oxygens (including phenoxy) is 1. The Morgan fingerprint density at radius 1 is 1.50 bits per heavy atom. The first-order valence-corrected chi connectivity index (χ1v) is 4.92. The molecule has 0 unspecified atom stereocenters. The van der Waals surface area contributed by atoms with Crippen LogP contribution in [0.2, 0.25) is 0 Å². The smallest absolute Gasteiger partial charge is 0.309 e. The highest BCUT2D eigenvalue weighted by atomic mass is 16.5. The average Bonchev–Trinajstić information content (AvgIpc) is 2.35. The van der Waals surface area contributed by atoms with Crippen LogP contribution in [0.5, 0.6) is 0 Å². The Morgan fingerprint density at radius 2 is 2.25 bits per heavy atom. The molecule has 1 aliphatic rings. The first-order chi connectivity index (χ1) is 5.75. The van der Waals surface area contributed by atoms with E-state index < -0.39 is 0 Å². The van der Waals surface area contributed by atoms with Gasteiger partial charge in [0.25, 0.3) is 0 Å². The molecule has 1 aliphatic heterocycles. The van der Waals surface area contributed by atoms with Crippen molar-refractivity contribution in [3.05, 3.63) is 0 Å². The van der Waals surface area contributed by atoms with E-state index in [9.17, 15) is 4.79 Å². The third-order valence-electron chi connectivity index (χ3n) is 2.60. The zero-order valence-corrected chi connectivity index (χ0v) is 8.01. The molecular weight excluding hydrogens is 152 g/mol. The van der Waals surface area contributed by atoms with Crippen LogP contribution in [0, 0.1) is 11.8 Å². The second-order valence-corrected chi connectivity index (χ2v) is 3.71. The Kier molecular flexibility index (Phi) is 3.57. The minimum Gasteiger partial charge on any atom is -0.465 e. The summed E-state index contributed by atoms with van der Waals surface area (Å²) in [6, 6.07) is 0. The molecule has 1 saturated heterocycles. The summed E-state index contributed by atoms with van der Waals surface area (Å²) in [7, 11) is 0. The molecule has 1 fully saturated rings. The predicted octanol–water partition coefficient (Wildman–Crippen LogP) is 2.38. The molecule has 0 aromatic heterocycles. The lowest BCUT2D eigenvalue weighted by atomic mass is 9.92. The van der Waals surface area contributed by atoms with E-state index in [1.807, 2.05) is 0 Å². The van der Waals surface area contributed by atoms with E-state index >= 15 is 0 Å². The van der Waals surface area contributed by atoms with Gasteiger partial charge in [0.15, 0.2) is 0 Å². The van der Waals surface area contributed by atoms with Gasteiger partial charge in [0, 0.05) is 5.92 Å². The third-order valence-corrected chi connectivity index (χ3v) is 2.60. The fourth-order valence-electron chi connectivity index (χ4n) is 1.69. The van der Waals surface area contributed by atoms with Gasteiger partial charge in [0.2, 0.25) is 0 Å². The van der Waals surface area contributed by atoms with Crippen molar-refractivity contribution in [1.29, 1.82) is 0 Å². The maximum Gasteiger partial charge on any atom is 0.309 e. The lowest BCUT2D eigenvalue weighted by Crippen LogP contribution is -2.13. The van der Waals surface area contributed by atoms with Gasteiger partial charge in [0.1, 0.15) is 0 Å². The summed E-state index contributed by atoms with van der Waals surface area (Å²) in [6.07, 6.45) is 4.64. The minimum absolute atomic E-state index is 0.0265. The molecule has 12 heavy (non-hydrogen) atoms. The second kappa shape index (κ2) is 4.48. The molecule has 0 N–H and O–H groups in total. The van der Waals surface area contributed by atoms with Crippen molar-refractivity contribution < 1.29 is 9.53 Å². The van der Waals surface area contributed by atoms with Crippen LogP contribution >= 0.6 is 0 Å². The molecule has 2 heteroatoms. The van der Waals surface area contributed by atoms with Gasteiger partial charge in [0.05, 0.1) is 12.5 Å². The summed E-state index contributed by atoms with van der Waals surface area (Å²) in [5, 5.41) is 0. The average molecular weight is 170 g/mol. The summed E-state index contributed by atoms with van der Waals surface area (Å²) < 4.78 is 4.97. The number of cyclic esters (lactones) is 1. The molecule has 0 aliphatic carbocycles. The van der Waals surface area contributed by atoms with E-state index in [1.165, 1.54) is 19.3 Å². The van der Waals surface area contributed by atoms with Gasteiger partial charge in [-0.05, 0) is 6.42 Å². The van der Waals surface area contributed by atoms with E-state index in [-0.39, 0.29) is 11.9 Å². The molecule has 2 atom stereocenters. The SMILES string of the molecule is CCCCC[C@@H]1C(=O)OC[C@@H]1C. The standard InChI is InChI=1S/C10H18O2/c1-3-4-5-6-9-8(2)7-12-10(9)11/h8-9H,3-7H2,1-2H3/t8-,9-/m0/s1. The summed E-state index contributed by atoms with van der Waals surface area (Å²) >= 11 is 0. The molecular formula is C10H18O2. The molecule has 0 aromatic carbocycles. The Balaban J connectivity index is 2.25. The van der Waals surface area contributed by atoms with Crippen LogP contribution < -0.4 is 0 Å². The Hall–Kier alpha value is -0.530. The van der Waals surface area contributed by atoms with Crippen LogP contribution in [0.1, 0.15) is 39.5 Å². The van der Waals surface area contributed by atoms with E-state index in [0.717, 1.165) is 6.42 Å². The van der Waals surface area contributed by atoms with Crippen molar-refractivity contribution in [2.24, 2.45) is 11.8 Å². The maximum absolute atomic E-state index is 11.2. The fraction of sp³-hybridized carbons (Fsp3) is 0.900. The second-order valence-electron chi connectivity index (χ2n) is 3.71. The molecule has 0 spiro atoms. The lowest BCUT2D eigenvalue weighted by molar-refractivity contribution is -0.141. The molecule has 2 nitrogen and oxygen atoms in total. The van der Waals surface area contributed by atoms with Crippen LogP contribution in [0.25, 0.3) is 0 Å². The molecule has 1 heterocycles. The van der Waals surface area contributed by atoms with Gasteiger partial charge in [-0.3, -0.25) is 4.79 Å². The Morgan fingerprint density at radius 3 is 2.75 bits per heavy atom. The van der Waals surface area contributed by atoms with Crippen LogP contribution in [0.3, 0.4) is 0 Å². The van der Waals surface area contributed by atoms with Crippen molar-refractivity contribution in [2.75, 3.05) is 6.61 Å². The van der Waals surface area contributed by atoms with E-state index in [0.29, 0.717) is 12.5 Å². The highest BCUT2D eigenvalue weighted by molar-refractivity contribution is 5.74. The number of carbonyl (C=O) groups is 1. The van der Waals surface area contributed by atoms with Gasteiger partial charge in [-0.2, -0.15) is 0 Å². The zero-order valence-electron chi connectivity index (χ0n) is 8.01. The van der Waals surface area contributed by atoms with E-state index in [2.05, 4.69) is 13.8 Å². The molecule has 0 radical (unpaired) electrons. The van der Waals surface area contributed by atoms with E-state index in [1.54, 1.807) is 0 Å². The number of esters is 1. The zero-order chi connectivity index (χ0) is 8.97. The summed E-state index contributed by atoms with van der Waals surface area (Å²) in [4.78, 5) is 11.2. The van der Waals surface area contributed by atoms with Crippen molar-refractivity contribution in [3.8, 4) is 0 Å². The van der Waals surface area contributed by atoms with Crippen LogP contribution in [0.4, 0.5) is 0 Å². The largest absolute Gasteiger partial charge is 0.465 e. The van der Waals surface area contributed by atoms with Crippen molar-refractivity contribution in [1.82, 2.24) is 0 Å². The van der Waals surface area contributed by atoms with Gasteiger partial charge in [-0.1, -0.05) is 33.1 Å². The fourth-order valence-corrected chi connectivity index (χ4v) is 1.69. The number of unbranched alkanes of at least 4 members (excludes halogenated alkanes) is 2. The summed E-state index contributed by atoms with van der Waals surface area (Å²) in [5.74, 6) is 0.657. The molecule has 0 aromatic rings. The van der Waals surface area contributed by atoms with Gasteiger partial charge in [-0.15, -0.1) is 0 Å². The lowest BCUT2D eigenvalue weighted by Gasteiger charge is -2.08. The number of rotatable bonds is 4. The monoisotopic (exact) mass is 170 g/mol. The van der Waals surface area contributed by atoms with E-state index in [4.69, 9.17) is 4.74 Å². The molecule has 0 saturated carbocycles. The van der Waals surface area contributed by atoms with Crippen molar-refractivity contribution in [3.63, 3.8) is 0 Å². The molecule has 0 amide bonds. The predicted molar refractivity (Wildman–Crippen MR) is 47.8 cm³/mol. The Labute approximate surface area is 74.3 Å². The number of hydrogen-bond donors (Lipinski definition) is 0. The molecule has 1 rings (SSSR count). The van der Waals surface area contributed by atoms with Crippen LogP contribution in [-0.4, -0.2) is 12.6 Å². The summed E-state index contributed by atoms with van der Waals surface area (Å²) in [6.45, 7) is 4.91. The molecule has 0 bridgehead atoms. The normalized spacial score (nSPS) is 29.0. The Bertz CT molecular complexity index is 154. The minimum atomic E-state index is 0.0265. The summed E-state index contributed by atoms with van der Waals surface area (Å²) in [5.41, 5.74) is 0. The third kappa shape index (κ3) is 2.23. The van der Waals surface area contributed by atoms with Crippen LogP contribution in [-0.2, 0) is 9.53 Å². The van der Waals surface area contributed by atoms with Gasteiger partial charge >= 0.3 is 5.97 Å². The number of carbonyl (C=O) groups excluding carboxylic acids is 1. The van der Waals surface area contributed by atoms with Gasteiger partial charge in [-0.25, -0.2) is 0 Å². The van der Waals surface area contributed by atoms with Crippen molar-refractivity contribution in [2.45, 2.75) is 39.5 Å². The van der Waals surface area contributed by atoms with Crippen LogP contribution in [0.15, 0.2) is 0 Å². The van der Waals surface area contributed by atoms with Crippen molar-refractivity contribution >= 4 is 5.97 Å². The first-order valence-electron chi connectivity index (χ1n) is 4.92. The first kappa shape index (κ1) is 9.56. The number of hydrogen-bond acceptors (Lipinski definition) is 2. The maximum atomic E-state index is 11.2. The van der Waals surface area contributed by atoms with Gasteiger partial charge < -0.3 is 4.74 Å². The topological polar surface area (TPSA) is 26.3 Å². The highest BCUT2D eigenvalue weighted by Gasteiger charge is 2.32.